The van der Waals surface area contributed by atoms with Gasteiger partial charge in [-0.15, -0.1) is 0 Å². The summed E-state index contributed by atoms with van der Waals surface area (Å²) < 4.78 is 38.7. The molecule has 1 aliphatic rings. The number of alkyl halides is 3. The molecular weight excluding hydrogens is 321 g/mol. The minimum atomic E-state index is -4.51. The maximum absolute atomic E-state index is 12.9. The maximum atomic E-state index is 12.9. The zero-order valence-electron chi connectivity index (χ0n) is 13.7. The SMILES string of the molecule is CN(CCC(=O)Nc1ccccc1C(F)(F)F)CC1(O)CCCC1. The van der Waals surface area contributed by atoms with E-state index in [9.17, 15) is 23.1 Å². The third-order valence-corrected chi connectivity index (χ3v) is 4.33. The summed E-state index contributed by atoms with van der Waals surface area (Å²) in [6, 6.07) is 4.92. The highest BCUT2D eigenvalue weighted by Gasteiger charge is 2.34. The van der Waals surface area contributed by atoms with E-state index in [1.54, 1.807) is 7.05 Å². The highest BCUT2D eigenvalue weighted by molar-refractivity contribution is 5.91. The van der Waals surface area contributed by atoms with Crippen LogP contribution in [0.15, 0.2) is 24.3 Å². The Kier molecular flexibility index (Phi) is 5.87. The van der Waals surface area contributed by atoms with E-state index in [1.165, 1.54) is 18.2 Å². The molecule has 2 N–H and O–H groups in total. The van der Waals surface area contributed by atoms with Crippen LogP contribution in [-0.2, 0) is 11.0 Å². The molecule has 0 bridgehead atoms. The average Bonchev–Trinajstić information content (AvgIpc) is 2.91. The number of nitrogens with zero attached hydrogens (tertiary/aromatic N) is 1. The van der Waals surface area contributed by atoms with Crippen molar-refractivity contribution < 1.29 is 23.1 Å². The van der Waals surface area contributed by atoms with Crippen LogP contribution in [0.4, 0.5) is 18.9 Å². The zero-order valence-corrected chi connectivity index (χ0v) is 13.7. The van der Waals surface area contributed by atoms with Crippen LogP contribution >= 0.6 is 0 Å². The Labute approximate surface area is 139 Å². The number of carbonyl (C=O) groups excluding carboxylic acids is 1. The number of benzene rings is 1. The minimum Gasteiger partial charge on any atom is -0.389 e. The summed E-state index contributed by atoms with van der Waals surface area (Å²) in [6.07, 6.45) is -0.936. The molecule has 0 aliphatic heterocycles. The Bertz CT molecular complexity index is 569. The molecule has 1 aliphatic carbocycles. The average molecular weight is 344 g/mol. The number of amides is 1. The number of halogens is 3. The highest BCUT2D eigenvalue weighted by Crippen LogP contribution is 2.34. The lowest BCUT2D eigenvalue weighted by molar-refractivity contribution is -0.137. The number of carbonyl (C=O) groups is 1. The fourth-order valence-corrected chi connectivity index (χ4v) is 3.12. The molecule has 4 nitrogen and oxygen atoms in total. The van der Waals surface area contributed by atoms with Gasteiger partial charge in [0.1, 0.15) is 0 Å². The predicted octanol–water partition coefficient (Wildman–Crippen LogP) is 3.27. The van der Waals surface area contributed by atoms with Crippen molar-refractivity contribution >= 4 is 11.6 Å². The summed E-state index contributed by atoms with van der Waals surface area (Å²) in [7, 11) is 1.80. The van der Waals surface area contributed by atoms with Crippen LogP contribution in [0.3, 0.4) is 0 Å². The van der Waals surface area contributed by atoms with Crippen LogP contribution in [0.5, 0.6) is 0 Å². The van der Waals surface area contributed by atoms with Crippen LogP contribution < -0.4 is 5.32 Å². The van der Waals surface area contributed by atoms with Crippen molar-refractivity contribution in [3.63, 3.8) is 0 Å². The van der Waals surface area contributed by atoms with Crippen molar-refractivity contribution in [1.29, 1.82) is 0 Å². The third kappa shape index (κ3) is 5.21. The molecule has 2 rings (SSSR count). The van der Waals surface area contributed by atoms with Crippen molar-refractivity contribution in [3.8, 4) is 0 Å². The van der Waals surface area contributed by atoms with Gasteiger partial charge in [-0.25, -0.2) is 0 Å². The summed E-state index contributed by atoms with van der Waals surface area (Å²) in [5, 5.41) is 12.6. The van der Waals surface area contributed by atoms with E-state index in [2.05, 4.69) is 5.32 Å². The molecule has 24 heavy (non-hydrogen) atoms. The molecule has 1 saturated carbocycles. The van der Waals surface area contributed by atoms with Gasteiger partial charge in [-0.2, -0.15) is 13.2 Å². The van der Waals surface area contributed by atoms with Crippen LogP contribution in [0.1, 0.15) is 37.7 Å². The molecule has 1 fully saturated rings. The smallest absolute Gasteiger partial charge is 0.389 e. The van der Waals surface area contributed by atoms with Gasteiger partial charge in [-0.3, -0.25) is 4.79 Å². The molecule has 0 radical (unpaired) electrons. The Morgan fingerprint density at radius 3 is 2.54 bits per heavy atom. The Balaban J connectivity index is 1.86. The molecule has 1 aromatic carbocycles. The largest absolute Gasteiger partial charge is 0.418 e. The van der Waals surface area contributed by atoms with Gasteiger partial charge in [0.05, 0.1) is 16.9 Å². The van der Waals surface area contributed by atoms with Gasteiger partial charge >= 0.3 is 6.18 Å². The molecule has 134 valence electrons. The van der Waals surface area contributed by atoms with E-state index in [0.717, 1.165) is 31.7 Å². The fourth-order valence-electron chi connectivity index (χ4n) is 3.12. The van der Waals surface area contributed by atoms with E-state index in [0.29, 0.717) is 13.1 Å². The number of nitrogens with one attached hydrogen (secondary N) is 1. The maximum Gasteiger partial charge on any atom is 0.418 e. The molecule has 0 atom stereocenters. The van der Waals surface area contributed by atoms with Gasteiger partial charge in [0.2, 0.25) is 5.91 Å². The van der Waals surface area contributed by atoms with E-state index < -0.39 is 23.2 Å². The van der Waals surface area contributed by atoms with Crippen molar-refractivity contribution in [1.82, 2.24) is 4.90 Å². The van der Waals surface area contributed by atoms with Gasteiger partial charge in [-0.1, -0.05) is 25.0 Å². The monoisotopic (exact) mass is 344 g/mol. The van der Waals surface area contributed by atoms with E-state index >= 15 is 0 Å². The molecule has 7 heteroatoms. The Morgan fingerprint density at radius 2 is 1.92 bits per heavy atom. The molecule has 0 spiro atoms. The van der Waals surface area contributed by atoms with E-state index in [4.69, 9.17) is 0 Å². The van der Waals surface area contributed by atoms with Crippen molar-refractivity contribution in [2.45, 2.75) is 43.9 Å². The van der Waals surface area contributed by atoms with Crippen molar-refractivity contribution in [2.24, 2.45) is 0 Å². The van der Waals surface area contributed by atoms with Crippen molar-refractivity contribution in [3.05, 3.63) is 29.8 Å². The van der Waals surface area contributed by atoms with Gasteiger partial charge in [0.15, 0.2) is 0 Å². The topological polar surface area (TPSA) is 52.6 Å². The molecular formula is C17H23F3N2O2. The molecule has 0 unspecified atom stereocenters. The number of likely N-dealkylation sites (N-methyl/N-ethyl adjacent to an activating group) is 1. The summed E-state index contributed by atoms with van der Waals surface area (Å²) >= 11 is 0. The normalized spacial score (nSPS) is 17.2. The summed E-state index contributed by atoms with van der Waals surface area (Å²) in [4.78, 5) is 13.8. The lowest BCUT2D eigenvalue weighted by Crippen LogP contribution is -2.40. The second-order valence-electron chi connectivity index (χ2n) is 6.51. The standard InChI is InChI=1S/C17H23F3N2O2/c1-22(12-16(24)9-4-5-10-16)11-8-15(23)21-14-7-3-2-6-13(14)17(18,19)20/h2-3,6-7,24H,4-5,8-12H2,1H3,(H,21,23). The number of anilines is 1. The quantitative estimate of drug-likeness (QED) is 0.833. The Hall–Kier alpha value is -1.60. The first-order chi connectivity index (χ1) is 11.2. The summed E-state index contributed by atoms with van der Waals surface area (Å²) in [6.45, 7) is 0.849. The second kappa shape index (κ2) is 7.53. The second-order valence-corrected chi connectivity index (χ2v) is 6.51. The van der Waals surface area contributed by atoms with Crippen LogP contribution in [0.25, 0.3) is 0 Å². The molecule has 0 saturated heterocycles. The van der Waals surface area contributed by atoms with Crippen LogP contribution in [-0.4, -0.2) is 41.7 Å². The van der Waals surface area contributed by atoms with Crippen LogP contribution in [0, 0.1) is 0 Å². The first kappa shape index (κ1) is 18.7. The number of hydrogen-bond acceptors (Lipinski definition) is 3. The summed E-state index contributed by atoms with van der Waals surface area (Å²) in [5.41, 5.74) is -1.78. The van der Waals surface area contributed by atoms with Gasteiger partial charge in [-0.05, 0) is 32.0 Å². The first-order valence-corrected chi connectivity index (χ1v) is 8.07. The minimum absolute atomic E-state index is 0.0682. The third-order valence-electron chi connectivity index (χ3n) is 4.33. The molecule has 0 heterocycles. The zero-order chi connectivity index (χ0) is 17.8. The number of hydrogen-bond donors (Lipinski definition) is 2. The summed E-state index contributed by atoms with van der Waals surface area (Å²) in [5.74, 6) is -0.475. The molecule has 0 aromatic heterocycles. The number of para-hydroxylation sites is 1. The van der Waals surface area contributed by atoms with Gasteiger partial charge < -0.3 is 15.3 Å². The number of rotatable bonds is 6. The van der Waals surface area contributed by atoms with Crippen LogP contribution in [0.2, 0.25) is 0 Å². The van der Waals surface area contributed by atoms with E-state index in [-0.39, 0.29) is 12.1 Å². The number of aliphatic hydroxyl groups is 1. The van der Waals surface area contributed by atoms with Gasteiger partial charge in [0, 0.05) is 19.5 Å². The Morgan fingerprint density at radius 1 is 1.29 bits per heavy atom. The molecule has 1 aromatic rings. The van der Waals surface area contributed by atoms with E-state index in [1.807, 2.05) is 4.90 Å². The predicted molar refractivity (Wildman–Crippen MR) is 85.6 cm³/mol. The lowest BCUT2D eigenvalue weighted by atomic mass is 10.0. The van der Waals surface area contributed by atoms with Gasteiger partial charge in [0.25, 0.3) is 0 Å². The lowest BCUT2D eigenvalue weighted by Gasteiger charge is -2.28. The highest BCUT2D eigenvalue weighted by atomic mass is 19.4. The molecule has 1 amide bonds. The van der Waals surface area contributed by atoms with Crippen molar-refractivity contribution in [2.75, 3.05) is 25.5 Å². The fraction of sp³-hybridized carbons (Fsp3) is 0.588. The first-order valence-electron chi connectivity index (χ1n) is 8.07.